The summed E-state index contributed by atoms with van der Waals surface area (Å²) in [6, 6.07) is 4.78. The zero-order valence-electron chi connectivity index (χ0n) is 15.5. The van der Waals surface area contributed by atoms with Crippen LogP contribution < -0.4 is 0 Å². The monoisotopic (exact) mass is 383 g/mol. The van der Waals surface area contributed by atoms with Crippen LogP contribution in [0.3, 0.4) is 0 Å². The molecule has 2 aliphatic rings. The molecule has 1 aromatic carbocycles. The Morgan fingerprint density at radius 1 is 1.22 bits per heavy atom. The number of piperidine rings is 2. The first-order valence-corrected chi connectivity index (χ1v) is 9.04. The second-order valence-electron chi connectivity index (χ2n) is 7.58. The highest BCUT2D eigenvalue weighted by molar-refractivity contribution is 5.88. The fraction of sp³-hybridized carbons (Fsp3) is 0.579. The highest BCUT2D eigenvalue weighted by Crippen LogP contribution is 2.32. The molecule has 0 spiro atoms. The molecule has 2 aliphatic heterocycles. The van der Waals surface area contributed by atoms with Gasteiger partial charge in [0.2, 0.25) is 11.8 Å². The number of carbonyl (C=O) groups excluding carboxylic acids is 2. The van der Waals surface area contributed by atoms with E-state index in [1.54, 1.807) is 19.0 Å². The van der Waals surface area contributed by atoms with E-state index in [0.29, 0.717) is 19.0 Å². The van der Waals surface area contributed by atoms with Crippen LogP contribution in [0, 0.1) is 5.92 Å². The van der Waals surface area contributed by atoms with Gasteiger partial charge in [0.15, 0.2) is 0 Å². The van der Waals surface area contributed by atoms with Crippen LogP contribution in [0.15, 0.2) is 24.3 Å². The predicted octanol–water partition coefficient (Wildman–Crippen LogP) is 2.22. The lowest BCUT2D eigenvalue weighted by molar-refractivity contribution is -0.150. The van der Waals surface area contributed by atoms with Gasteiger partial charge in [-0.05, 0) is 43.0 Å². The van der Waals surface area contributed by atoms with Crippen LogP contribution in [-0.4, -0.2) is 66.3 Å². The molecule has 8 heteroatoms. The molecule has 148 valence electrons. The normalized spacial score (nSPS) is 23.4. The van der Waals surface area contributed by atoms with E-state index in [9.17, 15) is 22.8 Å². The fourth-order valence-electron chi connectivity index (χ4n) is 3.79. The van der Waals surface area contributed by atoms with Gasteiger partial charge in [-0.2, -0.15) is 13.2 Å². The summed E-state index contributed by atoms with van der Waals surface area (Å²) >= 11 is 0. The number of likely N-dealkylation sites (N-methyl/N-ethyl adjacent to an activating group) is 1. The van der Waals surface area contributed by atoms with Gasteiger partial charge in [0.25, 0.3) is 0 Å². The lowest BCUT2D eigenvalue weighted by Gasteiger charge is -2.46. The minimum Gasteiger partial charge on any atom is -0.347 e. The van der Waals surface area contributed by atoms with Crippen LogP contribution in [0.4, 0.5) is 13.2 Å². The van der Waals surface area contributed by atoms with Crippen LogP contribution in [0.5, 0.6) is 0 Å². The average molecular weight is 383 g/mol. The SMILES string of the molecule is CN(C)C(=O)CN1C[C@H]2CCN(Cc3ccc(C(F)(F)F)cc3)[C@H](C2)C1=O. The quantitative estimate of drug-likeness (QED) is 0.801. The molecule has 2 fully saturated rings. The number of amides is 2. The van der Waals surface area contributed by atoms with Crippen LogP contribution in [0.2, 0.25) is 0 Å². The number of halogens is 3. The molecular weight excluding hydrogens is 359 g/mol. The maximum absolute atomic E-state index is 12.8. The molecule has 27 heavy (non-hydrogen) atoms. The minimum absolute atomic E-state index is 0.0620. The average Bonchev–Trinajstić information content (AvgIpc) is 2.60. The molecule has 0 unspecified atom stereocenters. The van der Waals surface area contributed by atoms with Gasteiger partial charge in [0.05, 0.1) is 18.2 Å². The third-order valence-electron chi connectivity index (χ3n) is 5.39. The van der Waals surface area contributed by atoms with Gasteiger partial charge in [0, 0.05) is 27.2 Å². The van der Waals surface area contributed by atoms with Crippen molar-refractivity contribution in [3.05, 3.63) is 35.4 Å². The number of benzene rings is 1. The van der Waals surface area contributed by atoms with Crippen LogP contribution in [0.1, 0.15) is 24.0 Å². The zero-order chi connectivity index (χ0) is 19.8. The number of fused-ring (bicyclic) bond motifs is 2. The van der Waals surface area contributed by atoms with Crippen molar-refractivity contribution in [1.29, 1.82) is 0 Å². The van der Waals surface area contributed by atoms with Gasteiger partial charge >= 0.3 is 6.18 Å². The molecule has 2 bridgehead atoms. The molecule has 2 atom stereocenters. The van der Waals surface area contributed by atoms with Crippen molar-refractivity contribution in [3.8, 4) is 0 Å². The van der Waals surface area contributed by atoms with Crippen LogP contribution in [0.25, 0.3) is 0 Å². The maximum atomic E-state index is 12.8. The molecule has 5 nitrogen and oxygen atoms in total. The second-order valence-corrected chi connectivity index (χ2v) is 7.58. The van der Waals surface area contributed by atoms with E-state index in [0.717, 1.165) is 37.1 Å². The Morgan fingerprint density at radius 3 is 2.48 bits per heavy atom. The van der Waals surface area contributed by atoms with Crippen molar-refractivity contribution >= 4 is 11.8 Å². The summed E-state index contributed by atoms with van der Waals surface area (Å²) in [5, 5.41) is 0. The van der Waals surface area contributed by atoms with Crippen molar-refractivity contribution in [2.24, 2.45) is 5.92 Å². The molecule has 0 aliphatic carbocycles. The van der Waals surface area contributed by atoms with Gasteiger partial charge < -0.3 is 9.80 Å². The number of alkyl halides is 3. The Balaban J connectivity index is 1.69. The third kappa shape index (κ3) is 4.43. The van der Waals surface area contributed by atoms with E-state index in [1.165, 1.54) is 17.0 Å². The minimum atomic E-state index is -4.35. The van der Waals surface area contributed by atoms with Crippen molar-refractivity contribution in [2.75, 3.05) is 33.7 Å². The molecule has 0 N–H and O–H groups in total. The maximum Gasteiger partial charge on any atom is 0.416 e. The summed E-state index contributed by atoms with van der Waals surface area (Å²) in [5.74, 6) is 0.192. The van der Waals surface area contributed by atoms with E-state index >= 15 is 0 Å². The Labute approximate surface area is 156 Å². The third-order valence-corrected chi connectivity index (χ3v) is 5.39. The fourth-order valence-corrected chi connectivity index (χ4v) is 3.79. The Morgan fingerprint density at radius 2 is 1.89 bits per heavy atom. The number of nitrogens with zero attached hydrogens (tertiary/aromatic N) is 3. The molecule has 1 aromatic rings. The first-order valence-electron chi connectivity index (χ1n) is 9.04. The molecule has 2 saturated heterocycles. The number of carbonyl (C=O) groups is 2. The first kappa shape index (κ1) is 19.7. The van der Waals surface area contributed by atoms with E-state index < -0.39 is 11.7 Å². The van der Waals surface area contributed by atoms with Gasteiger partial charge in [0.1, 0.15) is 0 Å². The summed E-state index contributed by atoms with van der Waals surface area (Å²) in [7, 11) is 3.32. The van der Waals surface area contributed by atoms with E-state index in [-0.39, 0.29) is 24.4 Å². The number of likely N-dealkylation sites (tertiary alicyclic amines) is 2. The zero-order valence-corrected chi connectivity index (χ0v) is 15.5. The molecule has 2 heterocycles. The predicted molar refractivity (Wildman–Crippen MR) is 93.6 cm³/mol. The van der Waals surface area contributed by atoms with Crippen molar-refractivity contribution < 1.29 is 22.8 Å². The second kappa shape index (κ2) is 7.50. The topological polar surface area (TPSA) is 43.9 Å². The van der Waals surface area contributed by atoms with Gasteiger partial charge in [-0.1, -0.05) is 12.1 Å². The molecular formula is C19H24F3N3O2. The van der Waals surface area contributed by atoms with Gasteiger partial charge in [-0.15, -0.1) is 0 Å². The Kier molecular flexibility index (Phi) is 5.46. The molecule has 0 saturated carbocycles. The summed E-state index contributed by atoms with van der Waals surface area (Å²) in [5.41, 5.74) is 0.0721. The van der Waals surface area contributed by atoms with Gasteiger partial charge in [-0.25, -0.2) is 0 Å². The molecule has 3 rings (SSSR count). The number of rotatable bonds is 4. The summed E-state index contributed by atoms with van der Waals surface area (Å²) in [6.07, 6.45) is -2.70. The molecule has 2 amide bonds. The lowest BCUT2D eigenvalue weighted by atomic mass is 9.85. The summed E-state index contributed by atoms with van der Waals surface area (Å²) in [6.45, 7) is 1.84. The van der Waals surface area contributed by atoms with E-state index in [1.807, 2.05) is 4.90 Å². The number of hydrogen-bond acceptors (Lipinski definition) is 3. The highest BCUT2D eigenvalue weighted by Gasteiger charge is 2.41. The van der Waals surface area contributed by atoms with Gasteiger partial charge in [-0.3, -0.25) is 14.5 Å². The van der Waals surface area contributed by atoms with Crippen molar-refractivity contribution in [3.63, 3.8) is 0 Å². The van der Waals surface area contributed by atoms with Crippen molar-refractivity contribution in [2.45, 2.75) is 31.6 Å². The van der Waals surface area contributed by atoms with E-state index in [2.05, 4.69) is 0 Å². The Hall–Kier alpha value is -2.09. The Bertz CT molecular complexity index is 703. The van der Waals surface area contributed by atoms with Crippen LogP contribution >= 0.6 is 0 Å². The smallest absolute Gasteiger partial charge is 0.347 e. The largest absolute Gasteiger partial charge is 0.416 e. The van der Waals surface area contributed by atoms with Crippen LogP contribution in [-0.2, 0) is 22.3 Å². The number of hydrogen-bond donors (Lipinski definition) is 0. The summed E-state index contributed by atoms with van der Waals surface area (Å²) < 4.78 is 38.1. The highest BCUT2D eigenvalue weighted by atomic mass is 19.4. The standard InChI is InChI=1S/C19H24F3N3O2/c1-23(2)17(26)12-25-11-14-7-8-24(16(9-14)18(25)27)10-13-3-5-15(6-4-13)19(20,21)22/h3-6,14,16H,7-12H2,1-2H3/t14-,16+/m0/s1. The lowest BCUT2D eigenvalue weighted by Crippen LogP contribution is -2.59. The molecule has 0 radical (unpaired) electrons. The van der Waals surface area contributed by atoms with Crippen molar-refractivity contribution in [1.82, 2.24) is 14.7 Å². The van der Waals surface area contributed by atoms with E-state index in [4.69, 9.17) is 0 Å². The summed E-state index contributed by atoms with van der Waals surface area (Å²) in [4.78, 5) is 29.9. The first-order chi connectivity index (χ1) is 12.6. The molecule has 0 aromatic heterocycles.